The Morgan fingerprint density at radius 1 is 1.29 bits per heavy atom. The zero-order valence-electron chi connectivity index (χ0n) is 15.4. The molecule has 5 heteroatoms. The van der Waals surface area contributed by atoms with E-state index in [0.29, 0.717) is 5.92 Å². The third kappa shape index (κ3) is 6.15. The van der Waals surface area contributed by atoms with E-state index in [1.807, 2.05) is 19.2 Å². The first-order valence-corrected chi connectivity index (χ1v) is 8.73. The molecule has 1 fully saturated rings. The van der Waals surface area contributed by atoms with Crippen LogP contribution in [0.1, 0.15) is 44.6 Å². The minimum atomic E-state index is 0. The summed E-state index contributed by atoms with van der Waals surface area (Å²) in [6.07, 6.45) is 3.63. The molecule has 24 heavy (non-hydrogen) atoms. The number of nitrogens with one attached hydrogen (secondary N) is 1. The second kappa shape index (κ2) is 10.8. The number of methoxy groups -OCH3 is 1. The van der Waals surface area contributed by atoms with E-state index in [4.69, 9.17) is 4.74 Å². The summed E-state index contributed by atoms with van der Waals surface area (Å²) in [4.78, 5) is 6.83. The maximum Gasteiger partial charge on any atom is 0.193 e. The molecule has 1 unspecified atom stereocenters. The van der Waals surface area contributed by atoms with Crippen LogP contribution in [-0.2, 0) is 0 Å². The minimum Gasteiger partial charge on any atom is -0.497 e. The van der Waals surface area contributed by atoms with Crippen LogP contribution in [0.15, 0.2) is 29.3 Å². The number of rotatable bonds is 5. The van der Waals surface area contributed by atoms with Crippen molar-refractivity contribution >= 4 is 29.9 Å². The number of aliphatic imine (C=N–C) groups is 1. The predicted octanol–water partition coefficient (Wildman–Crippen LogP) is 4.11. The summed E-state index contributed by atoms with van der Waals surface area (Å²) >= 11 is 0. The largest absolute Gasteiger partial charge is 0.497 e. The zero-order chi connectivity index (χ0) is 16.7. The molecule has 1 N–H and O–H groups in total. The van der Waals surface area contributed by atoms with Crippen molar-refractivity contribution in [3.05, 3.63) is 29.8 Å². The van der Waals surface area contributed by atoms with E-state index < -0.39 is 0 Å². The Labute approximate surface area is 164 Å². The van der Waals surface area contributed by atoms with Crippen LogP contribution in [-0.4, -0.2) is 44.7 Å². The predicted molar refractivity (Wildman–Crippen MR) is 113 cm³/mol. The number of nitrogens with zero attached hydrogens (tertiary/aromatic N) is 2. The average Bonchev–Trinajstić information content (AvgIpc) is 2.59. The van der Waals surface area contributed by atoms with Gasteiger partial charge in [-0.05, 0) is 48.8 Å². The highest BCUT2D eigenvalue weighted by atomic mass is 127. The van der Waals surface area contributed by atoms with Crippen molar-refractivity contribution in [2.75, 3.05) is 33.8 Å². The summed E-state index contributed by atoms with van der Waals surface area (Å²) in [6.45, 7) is 7.80. The van der Waals surface area contributed by atoms with Gasteiger partial charge in [0.25, 0.3) is 0 Å². The lowest BCUT2D eigenvalue weighted by Gasteiger charge is -2.33. The van der Waals surface area contributed by atoms with Gasteiger partial charge in [-0.15, -0.1) is 24.0 Å². The number of halogens is 1. The molecule has 0 aliphatic carbocycles. The molecule has 0 amide bonds. The van der Waals surface area contributed by atoms with Crippen LogP contribution in [0.2, 0.25) is 0 Å². The Balaban J connectivity index is 0.00000288. The summed E-state index contributed by atoms with van der Waals surface area (Å²) < 4.78 is 5.22. The fraction of sp³-hybridized carbons (Fsp3) is 0.632. The van der Waals surface area contributed by atoms with Gasteiger partial charge < -0.3 is 15.0 Å². The van der Waals surface area contributed by atoms with Crippen LogP contribution in [0.5, 0.6) is 5.75 Å². The molecule has 0 bridgehead atoms. The number of benzene rings is 1. The van der Waals surface area contributed by atoms with Crippen LogP contribution in [0, 0.1) is 5.92 Å². The molecular weight excluding hydrogens is 413 g/mol. The third-order valence-corrected chi connectivity index (χ3v) is 4.84. The van der Waals surface area contributed by atoms with E-state index in [1.54, 1.807) is 7.11 Å². The topological polar surface area (TPSA) is 36.9 Å². The third-order valence-electron chi connectivity index (χ3n) is 4.84. The maximum absolute atomic E-state index is 5.22. The second-order valence-corrected chi connectivity index (χ2v) is 6.61. The average molecular weight is 445 g/mol. The van der Waals surface area contributed by atoms with Gasteiger partial charge in [-0.25, -0.2) is 0 Å². The normalized spacial score (nSPS) is 17.2. The summed E-state index contributed by atoms with van der Waals surface area (Å²) in [7, 11) is 3.59. The first-order chi connectivity index (χ1) is 11.1. The highest BCUT2D eigenvalue weighted by Crippen LogP contribution is 2.21. The molecule has 0 spiro atoms. The number of guanidine groups is 1. The lowest BCUT2D eigenvalue weighted by molar-refractivity contribution is 0.273. The van der Waals surface area contributed by atoms with Gasteiger partial charge in [-0.3, -0.25) is 4.99 Å². The standard InChI is InChI=1S/C19H31N3O.HI/c1-15-10-13-22(14-11-15)19(20-3)21-12-9-16(2)17-5-7-18(23-4)8-6-17;/h5-8,15-16H,9-14H2,1-4H3,(H,20,21);1H. The van der Waals surface area contributed by atoms with E-state index in [0.717, 1.165) is 43.7 Å². The number of hydrogen-bond donors (Lipinski definition) is 1. The van der Waals surface area contributed by atoms with Crippen LogP contribution in [0.4, 0.5) is 0 Å². The van der Waals surface area contributed by atoms with Crippen molar-refractivity contribution in [2.45, 2.75) is 39.0 Å². The molecule has 4 nitrogen and oxygen atoms in total. The summed E-state index contributed by atoms with van der Waals surface area (Å²) in [5, 5.41) is 3.53. The first kappa shape index (κ1) is 21.1. The van der Waals surface area contributed by atoms with Crippen LogP contribution < -0.4 is 10.1 Å². The molecule has 1 aliphatic heterocycles. The molecule has 0 radical (unpaired) electrons. The minimum absolute atomic E-state index is 0. The van der Waals surface area contributed by atoms with Gasteiger partial charge in [-0.1, -0.05) is 26.0 Å². The monoisotopic (exact) mass is 445 g/mol. The highest BCUT2D eigenvalue weighted by Gasteiger charge is 2.18. The van der Waals surface area contributed by atoms with Crippen molar-refractivity contribution in [1.82, 2.24) is 10.2 Å². The Kier molecular flexibility index (Phi) is 9.48. The summed E-state index contributed by atoms with van der Waals surface area (Å²) in [5.41, 5.74) is 1.36. The quantitative estimate of drug-likeness (QED) is 0.421. The van der Waals surface area contributed by atoms with Gasteiger partial charge in [0.15, 0.2) is 5.96 Å². The molecule has 1 saturated heterocycles. The fourth-order valence-electron chi connectivity index (χ4n) is 3.05. The van der Waals surface area contributed by atoms with Crippen LogP contribution in [0.25, 0.3) is 0 Å². The van der Waals surface area contributed by atoms with Gasteiger partial charge in [-0.2, -0.15) is 0 Å². The number of piperidine rings is 1. The molecule has 2 rings (SSSR count). The molecule has 0 aromatic heterocycles. The van der Waals surface area contributed by atoms with E-state index in [-0.39, 0.29) is 24.0 Å². The Morgan fingerprint density at radius 2 is 1.92 bits per heavy atom. The molecule has 1 aliphatic rings. The highest BCUT2D eigenvalue weighted by molar-refractivity contribution is 14.0. The number of hydrogen-bond acceptors (Lipinski definition) is 2. The smallest absolute Gasteiger partial charge is 0.193 e. The molecule has 136 valence electrons. The van der Waals surface area contributed by atoms with Crippen LogP contribution >= 0.6 is 24.0 Å². The van der Waals surface area contributed by atoms with Gasteiger partial charge in [0.1, 0.15) is 5.75 Å². The van der Waals surface area contributed by atoms with Gasteiger partial charge in [0.2, 0.25) is 0 Å². The molecular formula is C19H32IN3O. The molecule has 1 aromatic carbocycles. The SMILES string of the molecule is CN=C(NCCC(C)c1ccc(OC)cc1)N1CCC(C)CC1.I. The fourth-order valence-corrected chi connectivity index (χ4v) is 3.05. The van der Waals surface area contributed by atoms with Gasteiger partial charge >= 0.3 is 0 Å². The van der Waals surface area contributed by atoms with Crippen molar-refractivity contribution in [3.8, 4) is 5.75 Å². The van der Waals surface area contributed by atoms with Gasteiger partial charge in [0, 0.05) is 26.7 Å². The van der Waals surface area contributed by atoms with Crippen molar-refractivity contribution < 1.29 is 4.74 Å². The van der Waals surface area contributed by atoms with Gasteiger partial charge in [0.05, 0.1) is 7.11 Å². The maximum atomic E-state index is 5.22. The second-order valence-electron chi connectivity index (χ2n) is 6.61. The zero-order valence-corrected chi connectivity index (χ0v) is 17.7. The lowest BCUT2D eigenvalue weighted by Crippen LogP contribution is -2.45. The Morgan fingerprint density at radius 3 is 2.46 bits per heavy atom. The molecule has 1 aromatic rings. The van der Waals surface area contributed by atoms with Crippen LogP contribution in [0.3, 0.4) is 0 Å². The number of ether oxygens (including phenoxy) is 1. The van der Waals surface area contributed by atoms with Crippen molar-refractivity contribution in [1.29, 1.82) is 0 Å². The molecule has 1 atom stereocenters. The number of likely N-dealkylation sites (tertiary alicyclic amines) is 1. The van der Waals surface area contributed by atoms with E-state index >= 15 is 0 Å². The van der Waals surface area contributed by atoms with E-state index in [1.165, 1.54) is 18.4 Å². The van der Waals surface area contributed by atoms with E-state index in [2.05, 4.69) is 41.2 Å². The molecule has 0 saturated carbocycles. The summed E-state index contributed by atoms with van der Waals surface area (Å²) in [5.74, 6) is 3.34. The van der Waals surface area contributed by atoms with Crippen molar-refractivity contribution in [2.24, 2.45) is 10.9 Å². The first-order valence-electron chi connectivity index (χ1n) is 8.73. The molecule has 1 heterocycles. The van der Waals surface area contributed by atoms with E-state index in [9.17, 15) is 0 Å². The lowest BCUT2D eigenvalue weighted by atomic mass is 9.98. The Hall–Kier alpha value is -0.980. The Bertz CT molecular complexity index is 496. The van der Waals surface area contributed by atoms with Crippen molar-refractivity contribution in [3.63, 3.8) is 0 Å². The summed E-state index contributed by atoms with van der Waals surface area (Å²) in [6, 6.07) is 8.38.